The molecule has 2 bridgehead atoms. The molecule has 2 atom stereocenters. The number of piperazine rings is 1. The van der Waals surface area contributed by atoms with Gasteiger partial charge in [-0.3, -0.25) is 9.69 Å². The van der Waals surface area contributed by atoms with Gasteiger partial charge in [-0.15, -0.1) is 0 Å². The molecular formula is C22H23FN4O2. The lowest BCUT2D eigenvalue weighted by Gasteiger charge is -2.36. The molecule has 0 radical (unpaired) electrons. The molecule has 7 heteroatoms. The van der Waals surface area contributed by atoms with Gasteiger partial charge in [0, 0.05) is 37.4 Å². The predicted molar refractivity (Wildman–Crippen MR) is 107 cm³/mol. The monoisotopic (exact) mass is 394 g/mol. The highest BCUT2D eigenvalue weighted by Crippen LogP contribution is 2.32. The van der Waals surface area contributed by atoms with Crippen LogP contribution in [0.2, 0.25) is 0 Å². The number of benzene rings is 2. The Labute approximate surface area is 168 Å². The van der Waals surface area contributed by atoms with E-state index in [2.05, 4.69) is 22.3 Å². The molecular weight excluding hydrogens is 371 g/mol. The van der Waals surface area contributed by atoms with E-state index in [1.54, 1.807) is 6.07 Å². The Balaban J connectivity index is 1.20. The molecule has 0 unspecified atom stereocenters. The molecule has 3 aliphatic rings. The molecule has 29 heavy (non-hydrogen) atoms. The Morgan fingerprint density at radius 1 is 1.10 bits per heavy atom. The summed E-state index contributed by atoms with van der Waals surface area (Å²) in [6, 6.07) is 14.9. The van der Waals surface area contributed by atoms with E-state index in [-0.39, 0.29) is 36.9 Å². The fourth-order valence-electron chi connectivity index (χ4n) is 4.73. The third kappa shape index (κ3) is 3.46. The maximum absolute atomic E-state index is 13.5. The Morgan fingerprint density at radius 3 is 2.69 bits per heavy atom. The molecule has 2 aromatic carbocycles. The van der Waals surface area contributed by atoms with Crippen LogP contribution in [-0.2, 0) is 17.9 Å². The van der Waals surface area contributed by atoms with Gasteiger partial charge < -0.3 is 15.1 Å². The van der Waals surface area contributed by atoms with E-state index in [9.17, 15) is 14.0 Å². The Hall–Kier alpha value is -2.93. The number of urea groups is 1. The fourth-order valence-corrected chi connectivity index (χ4v) is 4.73. The lowest BCUT2D eigenvalue weighted by molar-refractivity contribution is -0.134. The van der Waals surface area contributed by atoms with Crippen LogP contribution in [0.15, 0.2) is 48.5 Å². The van der Waals surface area contributed by atoms with Gasteiger partial charge in [0.2, 0.25) is 5.91 Å². The highest BCUT2D eigenvalue weighted by atomic mass is 19.1. The molecule has 0 saturated carbocycles. The number of hydrogen-bond donors (Lipinski definition) is 1. The van der Waals surface area contributed by atoms with E-state index >= 15 is 0 Å². The summed E-state index contributed by atoms with van der Waals surface area (Å²) in [6.07, 6.45) is 0.985. The first kappa shape index (κ1) is 18.1. The first-order valence-electron chi connectivity index (χ1n) is 9.98. The van der Waals surface area contributed by atoms with Crippen molar-refractivity contribution >= 4 is 17.6 Å². The van der Waals surface area contributed by atoms with Gasteiger partial charge in [-0.25, -0.2) is 9.18 Å². The van der Waals surface area contributed by atoms with Crippen LogP contribution in [0, 0.1) is 5.82 Å². The minimum absolute atomic E-state index is 0.0176. The van der Waals surface area contributed by atoms with Gasteiger partial charge in [0.1, 0.15) is 12.4 Å². The number of nitrogens with zero attached hydrogens (tertiary/aromatic N) is 3. The second kappa shape index (κ2) is 7.15. The average molecular weight is 394 g/mol. The number of nitrogens with one attached hydrogen (secondary N) is 1. The summed E-state index contributed by atoms with van der Waals surface area (Å²) in [7, 11) is 0. The first-order chi connectivity index (χ1) is 14.1. The van der Waals surface area contributed by atoms with Crippen LogP contribution >= 0.6 is 0 Å². The molecule has 2 aromatic rings. The highest BCUT2D eigenvalue weighted by molar-refractivity contribution is 5.95. The lowest BCUT2D eigenvalue weighted by atomic mass is 10.1. The van der Waals surface area contributed by atoms with Crippen molar-refractivity contribution in [2.24, 2.45) is 0 Å². The molecule has 0 spiro atoms. The van der Waals surface area contributed by atoms with Gasteiger partial charge in [0.15, 0.2) is 0 Å². The van der Waals surface area contributed by atoms with E-state index in [0.717, 1.165) is 19.5 Å². The SMILES string of the molecule is O=C1Nc2ccc(F)cc2CN1CC(=O)N1C[C@H]2C[C@@H]1CN2Cc1ccccc1. The molecule has 1 N–H and O–H groups in total. The largest absolute Gasteiger partial charge is 0.335 e. The van der Waals surface area contributed by atoms with E-state index in [1.165, 1.54) is 22.6 Å². The molecule has 5 rings (SSSR count). The number of carbonyl (C=O) groups is 2. The van der Waals surface area contributed by atoms with Crippen LogP contribution in [0.5, 0.6) is 0 Å². The minimum Gasteiger partial charge on any atom is -0.335 e. The lowest BCUT2D eigenvalue weighted by Crippen LogP contribution is -2.52. The minimum atomic E-state index is -0.346. The quantitative estimate of drug-likeness (QED) is 0.868. The van der Waals surface area contributed by atoms with E-state index < -0.39 is 0 Å². The molecule has 3 heterocycles. The molecule has 3 aliphatic heterocycles. The van der Waals surface area contributed by atoms with Crippen molar-refractivity contribution in [1.82, 2.24) is 14.7 Å². The third-order valence-electron chi connectivity index (χ3n) is 6.19. The average Bonchev–Trinajstić information content (AvgIpc) is 3.30. The standard InChI is InChI=1S/C22H23FN4O2/c23-17-6-7-20-16(8-17)11-26(22(29)24-20)14-21(28)27-13-18-9-19(27)12-25(18)10-15-4-2-1-3-5-15/h1-8,18-19H,9-14H2,(H,24,29)/t18-,19-/m1/s1. The van der Waals surface area contributed by atoms with Crippen molar-refractivity contribution < 1.29 is 14.0 Å². The molecule has 150 valence electrons. The van der Waals surface area contributed by atoms with Gasteiger partial charge in [-0.2, -0.15) is 0 Å². The molecule has 2 fully saturated rings. The second-order valence-corrected chi connectivity index (χ2v) is 8.09. The summed E-state index contributed by atoms with van der Waals surface area (Å²) in [5.41, 5.74) is 2.58. The van der Waals surface area contributed by atoms with E-state index in [4.69, 9.17) is 0 Å². The number of likely N-dealkylation sites (tertiary alicyclic amines) is 2. The number of fused-ring (bicyclic) bond motifs is 3. The van der Waals surface area contributed by atoms with Crippen molar-refractivity contribution in [1.29, 1.82) is 0 Å². The summed E-state index contributed by atoms with van der Waals surface area (Å²) in [5, 5.41) is 2.74. The summed E-state index contributed by atoms with van der Waals surface area (Å²) in [5.74, 6) is -0.381. The van der Waals surface area contributed by atoms with Crippen molar-refractivity contribution in [2.75, 3.05) is 25.0 Å². The maximum atomic E-state index is 13.5. The Kier molecular flexibility index (Phi) is 4.47. The van der Waals surface area contributed by atoms with E-state index in [0.29, 0.717) is 23.8 Å². The number of anilines is 1. The molecule has 6 nitrogen and oxygen atoms in total. The predicted octanol–water partition coefficient (Wildman–Crippen LogP) is 2.66. The first-order valence-corrected chi connectivity index (χ1v) is 9.98. The van der Waals surface area contributed by atoms with Gasteiger partial charge in [-0.1, -0.05) is 30.3 Å². The van der Waals surface area contributed by atoms with Crippen LogP contribution in [-0.4, -0.2) is 58.4 Å². The van der Waals surface area contributed by atoms with Crippen LogP contribution in [0.4, 0.5) is 14.9 Å². The highest BCUT2D eigenvalue weighted by Gasteiger charge is 2.45. The van der Waals surface area contributed by atoms with Gasteiger partial charge in [-0.05, 0) is 35.7 Å². The summed E-state index contributed by atoms with van der Waals surface area (Å²) < 4.78 is 13.5. The molecule has 0 aromatic heterocycles. The topological polar surface area (TPSA) is 55.9 Å². The number of halogens is 1. The zero-order valence-electron chi connectivity index (χ0n) is 16.1. The van der Waals surface area contributed by atoms with Crippen LogP contribution in [0.1, 0.15) is 17.5 Å². The normalized spacial score (nSPS) is 23.3. The van der Waals surface area contributed by atoms with Crippen LogP contribution in [0.3, 0.4) is 0 Å². The summed E-state index contributed by atoms with van der Waals surface area (Å²) >= 11 is 0. The van der Waals surface area contributed by atoms with Crippen molar-refractivity contribution in [3.63, 3.8) is 0 Å². The number of carbonyl (C=O) groups excluding carboxylic acids is 2. The third-order valence-corrected chi connectivity index (χ3v) is 6.19. The molecule has 3 amide bonds. The maximum Gasteiger partial charge on any atom is 0.322 e. The van der Waals surface area contributed by atoms with Gasteiger partial charge in [0.25, 0.3) is 0 Å². The van der Waals surface area contributed by atoms with E-state index in [1.807, 2.05) is 23.1 Å². The number of amides is 3. The van der Waals surface area contributed by atoms with Crippen molar-refractivity contribution in [2.45, 2.75) is 31.6 Å². The number of hydrogen-bond acceptors (Lipinski definition) is 3. The van der Waals surface area contributed by atoms with Gasteiger partial charge >= 0.3 is 6.03 Å². The fraction of sp³-hybridized carbons (Fsp3) is 0.364. The zero-order valence-corrected chi connectivity index (χ0v) is 16.1. The number of rotatable bonds is 4. The molecule has 0 aliphatic carbocycles. The van der Waals surface area contributed by atoms with Crippen LogP contribution in [0.25, 0.3) is 0 Å². The summed E-state index contributed by atoms with van der Waals surface area (Å²) in [6.45, 7) is 2.74. The Morgan fingerprint density at radius 2 is 1.93 bits per heavy atom. The molecule has 2 saturated heterocycles. The van der Waals surface area contributed by atoms with Crippen molar-refractivity contribution in [3.05, 3.63) is 65.5 Å². The zero-order chi connectivity index (χ0) is 20.0. The Bertz CT molecular complexity index is 951. The van der Waals surface area contributed by atoms with Crippen LogP contribution < -0.4 is 5.32 Å². The van der Waals surface area contributed by atoms with Crippen molar-refractivity contribution in [3.8, 4) is 0 Å². The second-order valence-electron chi connectivity index (χ2n) is 8.09. The van der Waals surface area contributed by atoms with Gasteiger partial charge in [0.05, 0.1) is 6.54 Å². The smallest absolute Gasteiger partial charge is 0.322 e. The summed E-state index contributed by atoms with van der Waals surface area (Å²) in [4.78, 5) is 31.1.